The lowest BCUT2D eigenvalue weighted by molar-refractivity contribution is -0.144. The van der Waals surface area contributed by atoms with Crippen LogP contribution in [0.3, 0.4) is 0 Å². The molecular formula is C22H25FN4O3. The van der Waals surface area contributed by atoms with E-state index in [1.54, 1.807) is 36.7 Å². The highest BCUT2D eigenvalue weighted by atomic mass is 19.1. The summed E-state index contributed by atoms with van der Waals surface area (Å²) in [6.07, 6.45) is 2.77. The second-order valence-electron chi connectivity index (χ2n) is 7.43. The number of nitrogens with one attached hydrogen (secondary N) is 1. The van der Waals surface area contributed by atoms with Crippen molar-refractivity contribution in [1.82, 2.24) is 15.1 Å². The monoisotopic (exact) mass is 412 g/mol. The highest BCUT2D eigenvalue weighted by molar-refractivity contribution is 5.89. The molecule has 0 aliphatic carbocycles. The number of hydrogen-bond acceptors (Lipinski definition) is 5. The number of nitriles is 1. The van der Waals surface area contributed by atoms with E-state index in [1.165, 1.54) is 18.2 Å². The summed E-state index contributed by atoms with van der Waals surface area (Å²) < 4.78 is 19.8. The Balaban J connectivity index is 2.03. The summed E-state index contributed by atoms with van der Waals surface area (Å²) in [5, 5.41) is 16.2. The third-order valence-electron chi connectivity index (χ3n) is 4.94. The van der Waals surface area contributed by atoms with Gasteiger partial charge in [0.25, 0.3) is 5.91 Å². The number of carbonyl (C=O) groups excluding carboxylic acids is 2. The van der Waals surface area contributed by atoms with Gasteiger partial charge >= 0.3 is 5.97 Å². The maximum atomic E-state index is 13.1. The third-order valence-corrected chi connectivity index (χ3v) is 4.94. The van der Waals surface area contributed by atoms with Crippen molar-refractivity contribution in [3.63, 3.8) is 0 Å². The Morgan fingerprint density at radius 2 is 1.97 bits per heavy atom. The molecule has 0 bridgehead atoms. The van der Waals surface area contributed by atoms with Crippen molar-refractivity contribution >= 4 is 18.0 Å². The van der Waals surface area contributed by atoms with Gasteiger partial charge in [-0.25, -0.2) is 13.9 Å². The van der Waals surface area contributed by atoms with E-state index in [4.69, 9.17) is 4.74 Å². The standard InChI is InChI=1S/C22H25FN4O3/c1-14(2)22(5,13-24)25-20(28)12-30-21(29)11-10-19-15(3)26-27(16(19)4)18-8-6-17(23)7-9-18/h6-11,14H,12H2,1-5H3,(H,25,28)/b11-10+/t22-/m1/s1. The van der Waals surface area contributed by atoms with Crippen LogP contribution >= 0.6 is 0 Å². The van der Waals surface area contributed by atoms with Gasteiger partial charge in [0.15, 0.2) is 6.61 Å². The summed E-state index contributed by atoms with van der Waals surface area (Å²) in [6.45, 7) is 8.38. The SMILES string of the molecule is Cc1nn(-c2ccc(F)cc2)c(C)c1/C=C/C(=O)OCC(=O)N[C@](C)(C#N)C(C)C. The number of rotatable bonds is 7. The lowest BCUT2D eigenvalue weighted by Gasteiger charge is -2.27. The van der Waals surface area contributed by atoms with Gasteiger partial charge in [0, 0.05) is 17.3 Å². The summed E-state index contributed by atoms with van der Waals surface area (Å²) in [5.41, 5.74) is 1.82. The molecule has 1 amide bonds. The van der Waals surface area contributed by atoms with E-state index in [0.717, 1.165) is 11.3 Å². The first-order valence-corrected chi connectivity index (χ1v) is 9.46. The van der Waals surface area contributed by atoms with Crippen molar-refractivity contribution < 1.29 is 18.7 Å². The topological polar surface area (TPSA) is 97.0 Å². The van der Waals surface area contributed by atoms with Crippen LogP contribution in [0.1, 0.15) is 37.7 Å². The average Bonchev–Trinajstić information content (AvgIpc) is 2.98. The van der Waals surface area contributed by atoms with Crippen LogP contribution in [0.2, 0.25) is 0 Å². The molecule has 7 nitrogen and oxygen atoms in total. The summed E-state index contributed by atoms with van der Waals surface area (Å²) >= 11 is 0. The minimum atomic E-state index is -1.04. The number of ether oxygens (including phenoxy) is 1. The predicted octanol–water partition coefficient (Wildman–Crippen LogP) is 3.24. The van der Waals surface area contributed by atoms with E-state index in [2.05, 4.69) is 16.5 Å². The van der Waals surface area contributed by atoms with Crippen LogP contribution in [-0.4, -0.2) is 33.8 Å². The summed E-state index contributed by atoms with van der Waals surface area (Å²) in [7, 11) is 0. The van der Waals surface area contributed by atoms with Crippen molar-refractivity contribution in [3.05, 3.63) is 53.1 Å². The molecule has 1 N–H and O–H groups in total. The first kappa shape index (κ1) is 22.8. The number of halogens is 1. The van der Waals surface area contributed by atoms with Gasteiger partial charge in [0.1, 0.15) is 11.4 Å². The number of aryl methyl sites for hydroxylation is 1. The number of hydrogen-bond donors (Lipinski definition) is 1. The Kier molecular flexibility index (Phi) is 7.11. The van der Waals surface area contributed by atoms with Crippen molar-refractivity contribution in [1.29, 1.82) is 5.26 Å². The lowest BCUT2D eigenvalue weighted by Crippen LogP contribution is -2.50. The number of aromatic nitrogens is 2. The minimum absolute atomic E-state index is 0.106. The summed E-state index contributed by atoms with van der Waals surface area (Å²) in [5.74, 6) is -1.69. The Labute approximate surface area is 175 Å². The van der Waals surface area contributed by atoms with E-state index in [1.807, 2.05) is 20.8 Å². The molecule has 0 fully saturated rings. The normalized spacial score (nSPS) is 13.1. The minimum Gasteiger partial charge on any atom is -0.452 e. The lowest BCUT2D eigenvalue weighted by atomic mass is 9.90. The average molecular weight is 412 g/mol. The van der Waals surface area contributed by atoms with E-state index in [-0.39, 0.29) is 11.7 Å². The molecule has 158 valence electrons. The van der Waals surface area contributed by atoms with Crippen LogP contribution in [0.5, 0.6) is 0 Å². The second-order valence-corrected chi connectivity index (χ2v) is 7.43. The molecule has 30 heavy (non-hydrogen) atoms. The van der Waals surface area contributed by atoms with Crippen molar-refractivity contribution in [3.8, 4) is 11.8 Å². The Morgan fingerprint density at radius 1 is 1.33 bits per heavy atom. The van der Waals surface area contributed by atoms with E-state index >= 15 is 0 Å². The largest absolute Gasteiger partial charge is 0.452 e. The van der Waals surface area contributed by atoms with E-state index in [9.17, 15) is 19.2 Å². The van der Waals surface area contributed by atoms with Crippen molar-refractivity contribution in [2.24, 2.45) is 5.92 Å². The Hall–Kier alpha value is -3.47. The van der Waals surface area contributed by atoms with Gasteiger partial charge in [-0.05, 0) is 57.0 Å². The maximum absolute atomic E-state index is 13.1. The maximum Gasteiger partial charge on any atom is 0.331 e. The summed E-state index contributed by atoms with van der Waals surface area (Å²) in [6, 6.07) is 7.98. The molecule has 1 aromatic heterocycles. The van der Waals surface area contributed by atoms with Crippen molar-refractivity contribution in [2.75, 3.05) is 6.61 Å². The molecule has 0 radical (unpaired) electrons. The molecule has 0 spiro atoms. The molecule has 0 unspecified atom stereocenters. The van der Waals surface area contributed by atoms with Gasteiger partial charge in [-0.2, -0.15) is 10.4 Å². The van der Waals surface area contributed by atoms with Crippen LogP contribution in [-0.2, 0) is 14.3 Å². The number of benzene rings is 1. The van der Waals surface area contributed by atoms with Gasteiger partial charge in [0.2, 0.25) is 0 Å². The number of nitrogens with zero attached hydrogens (tertiary/aromatic N) is 3. The molecule has 1 atom stereocenters. The molecule has 2 rings (SSSR count). The van der Waals surface area contributed by atoms with Gasteiger partial charge in [0.05, 0.1) is 17.5 Å². The van der Waals surface area contributed by atoms with Crippen LogP contribution in [0.4, 0.5) is 4.39 Å². The fraction of sp³-hybridized carbons (Fsp3) is 0.364. The highest BCUT2D eigenvalue weighted by Gasteiger charge is 2.30. The molecule has 0 aliphatic heterocycles. The van der Waals surface area contributed by atoms with Crippen LogP contribution < -0.4 is 5.32 Å². The van der Waals surface area contributed by atoms with Gasteiger partial charge in [-0.1, -0.05) is 13.8 Å². The van der Waals surface area contributed by atoms with E-state index < -0.39 is 24.0 Å². The molecule has 0 saturated carbocycles. The molecule has 8 heteroatoms. The first-order valence-electron chi connectivity index (χ1n) is 9.46. The molecule has 2 aromatic rings. The van der Waals surface area contributed by atoms with Crippen LogP contribution in [0, 0.1) is 36.9 Å². The number of carbonyl (C=O) groups is 2. The zero-order chi connectivity index (χ0) is 22.5. The molecule has 0 aliphatic rings. The first-order chi connectivity index (χ1) is 14.1. The quantitative estimate of drug-likeness (QED) is 0.556. The van der Waals surface area contributed by atoms with Crippen LogP contribution in [0.15, 0.2) is 30.3 Å². The zero-order valence-corrected chi connectivity index (χ0v) is 17.7. The number of esters is 1. The van der Waals surface area contributed by atoms with Crippen LogP contribution in [0.25, 0.3) is 11.8 Å². The predicted molar refractivity (Wildman–Crippen MR) is 110 cm³/mol. The Morgan fingerprint density at radius 3 is 2.53 bits per heavy atom. The molecule has 1 heterocycles. The van der Waals surface area contributed by atoms with Crippen molar-refractivity contribution in [2.45, 2.75) is 40.2 Å². The molecule has 0 saturated heterocycles. The fourth-order valence-corrected chi connectivity index (χ4v) is 2.69. The fourth-order valence-electron chi connectivity index (χ4n) is 2.69. The van der Waals surface area contributed by atoms with E-state index in [0.29, 0.717) is 11.4 Å². The van der Waals surface area contributed by atoms with Gasteiger partial charge in [-0.3, -0.25) is 4.79 Å². The summed E-state index contributed by atoms with van der Waals surface area (Å²) in [4.78, 5) is 24.0. The van der Waals surface area contributed by atoms with Gasteiger partial charge < -0.3 is 10.1 Å². The van der Waals surface area contributed by atoms with Gasteiger partial charge in [-0.15, -0.1) is 0 Å². The Bertz CT molecular complexity index is 1000. The molecular weight excluding hydrogens is 387 g/mol. The third kappa shape index (κ3) is 5.32. The number of amides is 1. The highest BCUT2D eigenvalue weighted by Crippen LogP contribution is 2.19. The molecule has 1 aromatic carbocycles. The smallest absolute Gasteiger partial charge is 0.331 e. The second kappa shape index (κ2) is 9.35. The zero-order valence-electron chi connectivity index (χ0n) is 17.7.